The van der Waals surface area contributed by atoms with Crippen LogP contribution in [0.15, 0.2) is 30.3 Å². The summed E-state index contributed by atoms with van der Waals surface area (Å²) in [5.41, 5.74) is 1.27. The highest BCUT2D eigenvalue weighted by Gasteiger charge is 2.25. The first-order valence-electron chi connectivity index (χ1n) is 6.04. The van der Waals surface area contributed by atoms with Crippen LogP contribution in [-0.4, -0.2) is 44.9 Å². The summed E-state index contributed by atoms with van der Waals surface area (Å²) >= 11 is 7.11. The molecule has 1 aromatic rings. The summed E-state index contributed by atoms with van der Waals surface area (Å²) in [5, 5.41) is 9.02. The zero-order chi connectivity index (χ0) is 13.0. The highest BCUT2D eigenvalue weighted by atomic mass is 32.2. The van der Waals surface area contributed by atoms with Gasteiger partial charge in [0.25, 0.3) is 0 Å². The number of aliphatic hydroxyl groups excluding tert-OH is 1. The molecule has 3 nitrogen and oxygen atoms in total. The molecule has 5 heteroatoms. The lowest BCUT2D eigenvalue weighted by molar-refractivity contribution is 0.149. The molecule has 18 heavy (non-hydrogen) atoms. The van der Waals surface area contributed by atoms with Crippen LogP contribution in [0.2, 0.25) is 0 Å². The summed E-state index contributed by atoms with van der Waals surface area (Å²) in [4.78, 5) is 4.42. The molecule has 1 aliphatic heterocycles. The second kappa shape index (κ2) is 6.52. The molecular weight excluding hydrogens is 264 g/mol. The van der Waals surface area contributed by atoms with Crippen LogP contribution in [0.5, 0.6) is 0 Å². The number of hydrogen-bond donors (Lipinski definition) is 1. The Balaban J connectivity index is 2.08. The number of thiocarbonyl (C=S) groups is 1. The molecule has 1 heterocycles. The third kappa shape index (κ3) is 3.23. The molecule has 2 rings (SSSR count). The number of thioether (sulfide) groups is 1. The summed E-state index contributed by atoms with van der Waals surface area (Å²) in [6.07, 6.45) is 0. The molecule has 0 amide bonds. The molecule has 1 fully saturated rings. The topological polar surface area (TPSA) is 26.7 Å². The van der Waals surface area contributed by atoms with Gasteiger partial charge in [-0.3, -0.25) is 4.90 Å². The predicted molar refractivity (Wildman–Crippen MR) is 80.4 cm³/mol. The van der Waals surface area contributed by atoms with Crippen LogP contribution >= 0.6 is 24.0 Å². The molecular formula is C13H18N2OS2. The van der Waals surface area contributed by atoms with Gasteiger partial charge in [0.15, 0.2) is 0 Å². The van der Waals surface area contributed by atoms with Crippen molar-refractivity contribution in [3.8, 4) is 0 Å². The zero-order valence-electron chi connectivity index (χ0n) is 10.5. The van der Waals surface area contributed by atoms with Crippen molar-refractivity contribution in [3.05, 3.63) is 35.9 Å². The molecule has 0 aliphatic carbocycles. The van der Waals surface area contributed by atoms with Crippen LogP contribution in [0, 0.1) is 0 Å². The fraction of sp³-hybridized carbons (Fsp3) is 0.462. The summed E-state index contributed by atoms with van der Waals surface area (Å²) in [7, 11) is 0. The average molecular weight is 282 g/mol. The second-order valence-electron chi connectivity index (χ2n) is 4.36. The van der Waals surface area contributed by atoms with E-state index >= 15 is 0 Å². The van der Waals surface area contributed by atoms with Crippen LogP contribution in [0.1, 0.15) is 18.5 Å². The Morgan fingerprint density at radius 3 is 2.78 bits per heavy atom. The minimum Gasteiger partial charge on any atom is -0.395 e. The largest absolute Gasteiger partial charge is 0.395 e. The third-order valence-electron chi connectivity index (χ3n) is 3.12. The smallest absolute Gasteiger partial charge is 0.139 e. The quantitative estimate of drug-likeness (QED) is 0.855. The van der Waals surface area contributed by atoms with Gasteiger partial charge in [-0.1, -0.05) is 54.3 Å². The van der Waals surface area contributed by atoms with Gasteiger partial charge in [0.2, 0.25) is 0 Å². The van der Waals surface area contributed by atoms with Gasteiger partial charge < -0.3 is 10.0 Å². The molecule has 0 aromatic heterocycles. The maximum atomic E-state index is 9.02. The summed E-state index contributed by atoms with van der Waals surface area (Å²) in [6.45, 7) is 3.86. The van der Waals surface area contributed by atoms with Crippen molar-refractivity contribution >= 4 is 28.3 Å². The number of rotatable bonds is 4. The zero-order valence-corrected chi connectivity index (χ0v) is 12.1. The molecule has 1 aromatic carbocycles. The van der Waals surface area contributed by atoms with Crippen molar-refractivity contribution in [3.63, 3.8) is 0 Å². The van der Waals surface area contributed by atoms with Crippen molar-refractivity contribution in [2.75, 3.05) is 25.7 Å². The third-order valence-corrected chi connectivity index (χ3v) is 4.69. The van der Waals surface area contributed by atoms with E-state index in [1.54, 1.807) is 11.8 Å². The first kappa shape index (κ1) is 13.8. The van der Waals surface area contributed by atoms with E-state index in [-0.39, 0.29) is 12.6 Å². The molecule has 0 bridgehead atoms. The second-order valence-corrected chi connectivity index (χ2v) is 5.93. The Hall–Kier alpha value is -0.620. The van der Waals surface area contributed by atoms with E-state index in [4.69, 9.17) is 17.3 Å². The van der Waals surface area contributed by atoms with Crippen LogP contribution < -0.4 is 0 Å². The van der Waals surface area contributed by atoms with Gasteiger partial charge in [0.05, 0.1) is 25.2 Å². The van der Waals surface area contributed by atoms with Crippen molar-refractivity contribution in [1.82, 2.24) is 9.80 Å². The number of hydrogen-bond acceptors (Lipinski definition) is 4. The molecule has 1 N–H and O–H groups in total. The van der Waals surface area contributed by atoms with Gasteiger partial charge in [-0.15, -0.1) is 0 Å². The van der Waals surface area contributed by atoms with E-state index < -0.39 is 0 Å². The lowest BCUT2D eigenvalue weighted by atomic mass is 10.1. The Labute approximate surface area is 118 Å². The minimum atomic E-state index is 0.195. The molecule has 1 aliphatic rings. The van der Waals surface area contributed by atoms with Crippen molar-refractivity contribution in [2.24, 2.45) is 0 Å². The fourth-order valence-electron chi connectivity index (χ4n) is 2.01. The van der Waals surface area contributed by atoms with Crippen molar-refractivity contribution < 1.29 is 5.11 Å². The van der Waals surface area contributed by atoms with Gasteiger partial charge >= 0.3 is 0 Å². The van der Waals surface area contributed by atoms with E-state index in [1.165, 1.54) is 5.56 Å². The molecule has 1 saturated heterocycles. The van der Waals surface area contributed by atoms with E-state index in [0.717, 1.165) is 16.9 Å². The molecule has 98 valence electrons. The number of aliphatic hydroxyl groups is 1. The van der Waals surface area contributed by atoms with Crippen LogP contribution in [-0.2, 0) is 0 Å². The predicted octanol–water partition coefficient (Wildman–Crippen LogP) is 2.29. The van der Waals surface area contributed by atoms with E-state index in [1.807, 2.05) is 6.07 Å². The summed E-state index contributed by atoms with van der Waals surface area (Å²) < 4.78 is 0.945. The maximum Gasteiger partial charge on any atom is 0.139 e. The normalized spacial score (nSPS) is 19.0. The van der Waals surface area contributed by atoms with Crippen molar-refractivity contribution in [1.29, 1.82) is 0 Å². The summed E-state index contributed by atoms with van der Waals surface area (Å²) in [6, 6.07) is 10.7. The highest BCUT2D eigenvalue weighted by Crippen LogP contribution is 2.28. The lowest BCUT2D eigenvalue weighted by Gasteiger charge is -2.40. The number of benzene rings is 1. The fourth-order valence-corrected chi connectivity index (χ4v) is 3.27. The van der Waals surface area contributed by atoms with Crippen molar-refractivity contribution in [2.45, 2.75) is 13.0 Å². The van der Waals surface area contributed by atoms with E-state index in [9.17, 15) is 0 Å². The lowest BCUT2D eigenvalue weighted by Crippen LogP contribution is -2.46. The Morgan fingerprint density at radius 2 is 2.11 bits per heavy atom. The molecule has 1 atom stereocenters. The first-order valence-corrected chi connectivity index (χ1v) is 7.43. The van der Waals surface area contributed by atoms with Gasteiger partial charge in [-0.05, 0) is 12.5 Å². The highest BCUT2D eigenvalue weighted by molar-refractivity contribution is 8.22. The monoisotopic (exact) mass is 282 g/mol. The van der Waals surface area contributed by atoms with Crippen LogP contribution in [0.25, 0.3) is 0 Å². The van der Waals surface area contributed by atoms with E-state index in [0.29, 0.717) is 6.54 Å². The Bertz CT molecular complexity index is 399. The van der Waals surface area contributed by atoms with E-state index in [2.05, 4.69) is 41.0 Å². The molecule has 0 radical (unpaired) electrons. The number of β-amino-alcohol motifs (C(OH)–C–C–N with tert-alkyl or cyclic N) is 1. The maximum absolute atomic E-state index is 9.02. The Kier molecular flexibility index (Phi) is 5.00. The van der Waals surface area contributed by atoms with Crippen LogP contribution in [0.3, 0.4) is 0 Å². The standard InChI is InChI=1S/C13H18N2OS2/c1-11(12-5-3-2-4-6-12)15-9-14(7-8-16)10-18-13(15)17/h2-6,11,16H,7-10H2,1H3. The average Bonchev–Trinajstić information content (AvgIpc) is 2.41. The van der Waals surface area contributed by atoms with Gasteiger partial charge in [-0.2, -0.15) is 0 Å². The summed E-state index contributed by atoms with van der Waals surface area (Å²) in [5.74, 6) is 0.872. The van der Waals surface area contributed by atoms with Gasteiger partial charge in [0.1, 0.15) is 4.32 Å². The number of nitrogens with zero attached hydrogens (tertiary/aromatic N) is 2. The minimum absolute atomic E-state index is 0.195. The van der Waals surface area contributed by atoms with Gasteiger partial charge in [-0.25, -0.2) is 0 Å². The Morgan fingerprint density at radius 1 is 1.39 bits per heavy atom. The molecule has 1 unspecified atom stereocenters. The first-order chi connectivity index (χ1) is 8.72. The SMILES string of the molecule is CC(c1ccccc1)N1CN(CCO)CSC1=S. The molecule has 0 saturated carbocycles. The van der Waals surface area contributed by atoms with Crippen LogP contribution in [0.4, 0.5) is 0 Å². The van der Waals surface area contributed by atoms with Gasteiger partial charge in [0, 0.05) is 6.54 Å². The molecule has 0 spiro atoms.